The van der Waals surface area contributed by atoms with Gasteiger partial charge in [0.05, 0.1) is 0 Å². The number of thiophene rings is 1. The lowest BCUT2D eigenvalue weighted by Crippen LogP contribution is -2.21. The fraction of sp³-hybridized carbons (Fsp3) is 0.0952. The number of hydrogen-bond donors (Lipinski definition) is 2. The number of hydrogen-bond acceptors (Lipinski definition) is 5. The number of carbonyl (C=O) groups is 3. The first kappa shape index (κ1) is 20.2. The molecule has 3 aromatic rings. The molecule has 8 heteroatoms. The van der Waals surface area contributed by atoms with Crippen LogP contribution in [0.5, 0.6) is 0 Å². The van der Waals surface area contributed by atoms with Crippen molar-refractivity contribution in [1.29, 1.82) is 0 Å². The number of anilines is 1. The summed E-state index contributed by atoms with van der Waals surface area (Å²) in [6.45, 7) is -0.465. The number of benzene rings is 2. The molecule has 3 rings (SSSR count). The molecule has 0 saturated carbocycles. The van der Waals surface area contributed by atoms with Crippen molar-refractivity contribution in [3.8, 4) is 10.4 Å². The fourth-order valence-electron chi connectivity index (χ4n) is 2.50. The Morgan fingerprint density at radius 3 is 2.52 bits per heavy atom. The van der Waals surface area contributed by atoms with Gasteiger partial charge in [0.25, 0.3) is 11.8 Å². The third kappa shape index (κ3) is 5.26. The zero-order valence-corrected chi connectivity index (χ0v) is 16.2. The van der Waals surface area contributed by atoms with E-state index in [2.05, 4.69) is 10.6 Å². The van der Waals surface area contributed by atoms with E-state index in [-0.39, 0.29) is 11.7 Å². The summed E-state index contributed by atoms with van der Waals surface area (Å²) < 4.78 is 18.1. The van der Waals surface area contributed by atoms with Crippen molar-refractivity contribution in [1.82, 2.24) is 5.32 Å². The van der Waals surface area contributed by atoms with Crippen molar-refractivity contribution in [2.24, 2.45) is 0 Å². The largest absolute Gasteiger partial charge is 0.451 e. The van der Waals surface area contributed by atoms with Crippen LogP contribution in [0.25, 0.3) is 10.4 Å². The minimum atomic E-state index is -0.627. The minimum absolute atomic E-state index is 0.276. The van der Waals surface area contributed by atoms with Crippen LogP contribution < -0.4 is 10.6 Å². The molecule has 0 aliphatic heterocycles. The van der Waals surface area contributed by atoms with E-state index in [9.17, 15) is 18.8 Å². The first-order valence-corrected chi connectivity index (χ1v) is 9.43. The zero-order valence-electron chi connectivity index (χ0n) is 15.4. The average Bonchev–Trinajstić information content (AvgIpc) is 3.22. The van der Waals surface area contributed by atoms with E-state index in [1.807, 2.05) is 0 Å². The zero-order chi connectivity index (χ0) is 20.8. The molecule has 2 N–H and O–H groups in total. The first-order valence-electron chi connectivity index (χ1n) is 8.61. The number of halogens is 1. The van der Waals surface area contributed by atoms with Crippen LogP contribution in [-0.2, 0) is 9.53 Å². The van der Waals surface area contributed by atoms with Gasteiger partial charge in [-0.1, -0.05) is 18.2 Å². The van der Waals surface area contributed by atoms with E-state index >= 15 is 0 Å². The van der Waals surface area contributed by atoms with Crippen LogP contribution >= 0.6 is 11.3 Å². The highest BCUT2D eigenvalue weighted by Crippen LogP contribution is 2.28. The molecule has 1 heterocycles. The van der Waals surface area contributed by atoms with Crippen molar-refractivity contribution in [3.63, 3.8) is 0 Å². The van der Waals surface area contributed by atoms with Crippen molar-refractivity contribution in [2.45, 2.75) is 0 Å². The normalized spacial score (nSPS) is 10.3. The van der Waals surface area contributed by atoms with Gasteiger partial charge in [-0.2, -0.15) is 0 Å². The molecule has 1 aromatic heterocycles. The summed E-state index contributed by atoms with van der Waals surface area (Å²) >= 11 is 1.19. The summed E-state index contributed by atoms with van der Waals surface area (Å²) in [6.07, 6.45) is 0. The maximum atomic E-state index is 13.0. The summed E-state index contributed by atoms with van der Waals surface area (Å²) in [6, 6.07) is 15.7. The molecule has 2 amide bonds. The Hall–Kier alpha value is -3.52. The van der Waals surface area contributed by atoms with Gasteiger partial charge in [0.15, 0.2) is 6.61 Å². The Morgan fingerprint density at radius 2 is 1.79 bits per heavy atom. The van der Waals surface area contributed by atoms with Crippen LogP contribution in [0.1, 0.15) is 20.0 Å². The summed E-state index contributed by atoms with van der Waals surface area (Å²) in [7, 11) is 1.51. The molecule has 0 unspecified atom stereocenters. The van der Waals surface area contributed by atoms with Crippen LogP contribution in [-0.4, -0.2) is 31.4 Å². The van der Waals surface area contributed by atoms with Gasteiger partial charge < -0.3 is 15.4 Å². The molecule has 6 nitrogen and oxygen atoms in total. The molecular formula is C21H17FN2O4S. The fourth-order valence-corrected chi connectivity index (χ4v) is 3.40. The predicted octanol–water partition coefficient (Wildman–Crippen LogP) is 3.71. The highest BCUT2D eigenvalue weighted by atomic mass is 32.1. The Balaban J connectivity index is 1.56. The molecule has 0 aliphatic carbocycles. The number of esters is 1. The monoisotopic (exact) mass is 412 g/mol. The Kier molecular flexibility index (Phi) is 6.36. The number of amides is 2. The Labute approximate surface area is 170 Å². The molecule has 2 aromatic carbocycles. The smallest absolute Gasteiger partial charge is 0.348 e. The topological polar surface area (TPSA) is 84.5 Å². The highest BCUT2D eigenvalue weighted by Gasteiger charge is 2.14. The molecule has 148 valence electrons. The quantitative estimate of drug-likeness (QED) is 0.605. The van der Waals surface area contributed by atoms with Gasteiger partial charge in [0.1, 0.15) is 10.7 Å². The van der Waals surface area contributed by atoms with Crippen LogP contribution in [0, 0.1) is 5.82 Å². The summed E-state index contributed by atoms with van der Waals surface area (Å²) in [5.41, 5.74) is 1.60. The summed E-state index contributed by atoms with van der Waals surface area (Å²) in [5, 5.41) is 5.07. The number of nitrogens with one attached hydrogen (secondary N) is 2. The van der Waals surface area contributed by atoms with E-state index in [0.29, 0.717) is 16.1 Å². The van der Waals surface area contributed by atoms with Crippen LogP contribution in [0.3, 0.4) is 0 Å². The van der Waals surface area contributed by atoms with E-state index in [1.165, 1.54) is 36.6 Å². The molecular weight excluding hydrogens is 395 g/mol. The SMILES string of the molecule is CNC(=O)c1cccc(NC(=O)COC(=O)c2ccc(-c3ccc(F)cc3)s2)c1. The summed E-state index contributed by atoms with van der Waals surface area (Å²) in [5.74, 6) is -1.76. The summed E-state index contributed by atoms with van der Waals surface area (Å²) in [4.78, 5) is 37.0. The maximum absolute atomic E-state index is 13.0. The molecule has 29 heavy (non-hydrogen) atoms. The second-order valence-electron chi connectivity index (χ2n) is 5.96. The van der Waals surface area contributed by atoms with Crippen LogP contribution in [0.15, 0.2) is 60.7 Å². The lowest BCUT2D eigenvalue weighted by Gasteiger charge is -2.07. The highest BCUT2D eigenvalue weighted by molar-refractivity contribution is 7.17. The molecule has 0 bridgehead atoms. The number of rotatable bonds is 6. The standard InChI is InChI=1S/C21H17FN2O4S/c1-23-20(26)14-3-2-4-16(11-14)24-19(25)12-28-21(27)18-10-9-17(29-18)13-5-7-15(22)8-6-13/h2-11H,12H2,1H3,(H,23,26)(H,24,25). The maximum Gasteiger partial charge on any atom is 0.348 e. The van der Waals surface area contributed by atoms with Gasteiger partial charge in [-0.3, -0.25) is 9.59 Å². The third-order valence-electron chi connectivity index (χ3n) is 3.91. The Bertz CT molecular complexity index is 1050. The van der Waals surface area contributed by atoms with Gasteiger partial charge >= 0.3 is 5.97 Å². The molecule has 0 radical (unpaired) electrons. The molecule has 0 spiro atoms. The van der Waals surface area contributed by atoms with Crippen molar-refractivity contribution < 1.29 is 23.5 Å². The van der Waals surface area contributed by atoms with Gasteiger partial charge in [0, 0.05) is 23.2 Å². The van der Waals surface area contributed by atoms with E-state index in [1.54, 1.807) is 42.5 Å². The van der Waals surface area contributed by atoms with Crippen LogP contribution in [0.2, 0.25) is 0 Å². The molecule has 0 aliphatic rings. The lowest BCUT2D eigenvalue weighted by molar-refractivity contribution is -0.119. The second-order valence-corrected chi connectivity index (χ2v) is 7.04. The van der Waals surface area contributed by atoms with Gasteiger partial charge in [0.2, 0.25) is 0 Å². The molecule has 0 saturated heterocycles. The molecule has 0 atom stereocenters. The van der Waals surface area contributed by atoms with Gasteiger partial charge in [-0.25, -0.2) is 9.18 Å². The number of ether oxygens (including phenoxy) is 1. The minimum Gasteiger partial charge on any atom is -0.451 e. The van der Waals surface area contributed by atoms with E-state index in [0.717, 1.165) is 10.4 Å². The second kappa shape index (κ2) is 9.11. The van der Waals surface area contributed by atoms with E-state index in [4.69, 9.17) is 4.74 Å². The van der Waals surface area contributed by atoms with Crippen molar-refractivity contribution in [2.75, 3.05) is 19.0 Å². The van der Waals surface area contributed by atoms with Crippen LogP contribution in [0.4, 0.5) is 10.1 Å². The van der Waals surface area contributed by atoms with E-state index < -0.39 is 18.5 Å². The van der Waals surface area contributed by atoms with Crippen molar-refractivity contribution in [3.05, 3.63) is 76.9 Å². The average molecular weight is 412 g/mol. The van der Waals surface area contributed by atoms with Crippen molar-refractivity contribution >= 4 is 34.8 Å². The lowest BCUT2D eigenvalue weighted by atomic mass is 10.2. The number of carbonyl (C=O) groups excluding carboxylic acids is 3. The van der Waals surface area contributed by atoms with Gasteiger partial charge in [-0.05, 0) is 48.0 Å². The first-order chi connectivity index (χ1) is 14.0. The predicted molar refractivity (Wildman–Crippen MR) is 108 cm³/mol. The van der Waals surface area contributed by atoms with Gasteiger partial charge in [-0.15, -0.1) is 11.3 Å². The Morgan fingerprint density at radius 1 is 1.03 bits per heavy atom. The third-order valence-corrected chi connectivity index (χ3v) is 5.02. The molecule has 0 fully saturated rings.